The zero-order valence-electron chi connectivity index (χ0n) is 9.77. The van der Waals surface area contributed by atoms with E-state index in [9.17, 15) is 4.79 Å². The normalized spacial score (nSPS) is 13.0. The van der Waals surface area contributed by atoms with Crippen LogP contribution in [0.4, 0.5) is 0 Å². The van der Waals surface area contributed by atoms with Gasteiger partial charge in [-0.05, 0) is 0 Å². The Morgan fingerprint density at radius 3 is 2.25 bits per heavy atom. The molecule has 16 heavy (non-hydrogen) atoms. The van der Waals surface area contributed by atoms with Crippen LogP contribution in [0.5, 0.6) is 0 Å². The van der Waals surface area contributed by atoms with Gasteiger partial charge in [0.2, 0.25) is 0 Å². The summed E-state index contributed by atoms with van der Waals surface area (Å²) < 4.78 is 0. The van der Waals surface area contributed by atoms with Gasteiger partial charge in [-0.25, -0.2) is 0 Å². The summed E-state index contributed by atoms with van der Waals surface area (Å²) >= 11 is -0.949. The van der Waals surface area contributed by atoms with E-state index in [0.29, 0.717) is 6.42 Å². The predicted molar refractivity (Wildman–Crippen MR) is 67.7 cm³/mol. The van der Waals surface area contributed by atoms with Crippen LogP contribution in [0, 0.1) is 0 Å². The predicted octanol–water partition coefficient (Wildman–Crippen LogP) is -0.0192. The van der Waals surface area contributed by atoms with Gasteiger partial charge in [0.1, 0.15) is 0 Å². The van der Waals surface area contributed by atoms with E-state index in [0.717, 1.165) is 35.1 Å². The van der Waals surface area contributed by atoms with Crippen molar-refractivity contribution in [3.63, 3.8) is 0 Å². The van der Waals surface area contributed by atoms with Gasteiger partial charge in [0, 0.05) is 0 Å². The molecule has 5 nitrogen and oxygen atoms in total. The molecule has 0 aromatic heterocycles. The molecule has 0 saturated carbocycles. The number of aliphatic carboxylic acids is 1. The number of hydrogen-bond donors (Lipinski definition) is 4. The molecule has 0 heterocycles. The third kappa shape index (κ3) is 9.16. The molecule has 0 spiro atoms. The van der Waals surface area contributed by atoms with E-state index in [1.165, 1.54) is 0 Å². The van der Waals surface area contributed by atoms with Crippen LogP contribution >= 0.6 is 0 Å². The second kappa shape index (κ2) is 10.1. The zero-order valence-corrected chi connectivity index (χ0v) is 11.6. The average Bonchev–Trinajstić information content (AvgIpc) is 2.17. The number of carbonyl (C=O) groups is 1. The van der Waals surface area contributed by atoms with Crippen LogP contribution in [0.2, 0.25) is 15.6 Å². The van der Waals surface area contributed by atoms with Crippen molar-refractivity contribution in [3.05, 3.63) is 0 Å². The molecule has 1 atom stereocenters. The molecule has 0 aliphatic rings. The Balaban J connectivity index is 3.71. The molecule has 0 aromatic carbocycles. The summed E-state index contributed by atoms with van der Waals surface area (Å²) in [6.45, 7) is 1.45. The third-order valence-electron chi connectivity index (χ3n) is 2.35. The molecule has 0 rings (SSSR count). The van der Waals surface area contributed by atoms with Crippen LogP contribution in [-0.2, 0) is 4.79 Å². The minimum absolute atomic E-state index is 0.137. The number of carboxylic acid groups (broad SMARTS) is 1. The first kappa shape index (κ1) is 15.9. The fourth-order valence-electron chi connectivity index (χ4n) is 1.60. The summed E-state index contributed by atoms with van der Waals surface area (Å²) in [7, 11) is 0. The molecule has 96 valence electrons. The number of hydrogen-bond acceptors (Lipinski definition) is 4. The van der Waals surface area contributed by atoms with E-state index in [-0.39, 0.29) is 12.5 Å². The summed E-state index contributed by atoms with van der Waals surface area (Å²) in [6, 6.07) is 0.137. The number of carboxylic acids is 1. The molecular weight excluding hydrogens is 269 g/mol. The molecule has 0 aliphatic carbocycles. The van der Waals surface area contributed by atoms with Gasteiger partial charge in [-0.15, -0.1) is 0 Å². The van der Waals surface area contributed by atoms with Crippen LogP contribution in [0.15, 0.2) is 0 Å². The summed E-state index contributed by atoms with van der Waals surface area (Å²) in [4.78, 5) is 10.3. The first-order chi connectivity index (χ1) is 7.60. The Kier molecular flexibility index (Phi) is 10.0. The standard InChI is InChI=1S/C10H24AsN3O2/c12-6-4-11(5-7-13)8-9(14)2-1-3-10(15)16/h9H,1-8,12-14H2,(H,15,16). The van der Waals surface area contributed by atoms with Gasteiger partial charge in [-0.2, -0.15) is 0 Å². The molecular formula is C10H24AsN3O2. The molecule has 7 N–H and O–H groups in total. The third-order valence-corrected chi connectivity index (χ3v) is 8.15. The molecule has 0 radical (unpaired) electrons. The van der Waals surface area contributed by atoms with Gasteiger partial charge >= 0.3 is 102 Å². The second-order valence-corrected chi connectivity index (χ2v) is 9.38. The summed E-state index contributed by atoms with van der Waals surface area (Å²) in [6.07, 6.45) is 1.69. The minimum atomic E-state index is -0.949. The Morgan fingerprint density at radius 2 is 1.81 bits per heavy atom. The maximum absolute atomic E-state index is 10.3. The summed E-state index contributed by atoms with van der Waals surface area (Å²) in [5.41, 5.74) is 17.1. The summed E-state index contributed by atoms with van der Waals surface area (Å²) in [5, 5.41) is 11.7. The van der Waals surface area contributed by atoms with E-state index in [4.69, 9.17) is 22.3 Å². The Bertz CT molecular complexity index is 187. The van der Waals surface area contributed by atoms with Gasteiger partial charge < -0.3 is 0 Å². The van der Waals surface area contributed by atoms with Crippen molar-refractivity contribution < 1.29 is 9.90 Å². The van der Waals surface area contributed by atoms with Crippen LogP contribution < -0.4 is 17.2 Å². The maximum atomic E-state index is 10.3. The second-order valence-electron chi connectivity index (χ2n) is 3.92. The van der Waals surface area contributed by atoms with Gasteiger partial charge in [0.15, 0.2) is 0 Å². The van der Waals surface area contributed by atoms with Gasteiger partial charge in [0.25, 0.3) is 0 Å². The van der Waals surface area contributed by atoms with Gasteiger partial charge in [-0.1, -0.05) is 0 Å². The molecule has 0 fully saturated rings. The van der Waals surface area contributed by atoms with Crippen LogP contribution in [0.3, 0.4) is 0 Å². The fraction of sp³-hybridized carbons (Fsp3) is 0.900. The molecule has 0 aliphatic heterocycles. The van der Waals surface area contributed by atoms with Crippen LogP contribution in [-0.4, -0.2) is 44.9 Å². The molecule has 0 aromatic rings. The van der Waals surface area contributed by atoms with E-state index >= 15 is 0 Å². The van der Waals surface area contributed by atoms with E-state index in [1.807, 2.05) is 0 Å². The Labute approximate surface area is 102 Å². The molecule has 0 saturated heterocycles. The van der Waals surface area contributed by atoms with Crippen LogP contribution in [0.1, 0.15) is 19.3 Å². The van der Waals surface area contributed by atoms with E-state index in [1.54, 1.807) is 0 Å². The SMILES string of the molecule is NCC[As](CCN)CC(N)CCCC(=O)O. The summed E-state index contributed by atoms with van der Waals surface area (Å²) in [5.74, 6) is -0.745. The average molecular weight is 293 g/mol. The number of rotatable bonds is 10. The quantitative estimate of drug-likeness (QED) is 0.423. The van der Waals surface area contributed by atoms with Crippen molar-refractivity contribution in [2.45, 2.75) is 40.9 Å². The van der Waals surface area contributed by atoms with Gasteiger partial charge in [0.05, 0.1) is 0 Å². The number of nitrogens with two attached hydrogens (primary N) is 3. The van der Waals surface area contributed by atoms with Crippen molar-refractivity contribution in [2.75, 3.05) is 13.1 Å². The molecule has 1 unspecified atom stereocenters. The fourth-order valence-corrected chi connectivity index (χ4v) is 6.14. The van der Waals surface area contributed by atoms with E-state index < -0.39 is 20.6 Å². The van der Waals surface area contributed by atoms with Crippen molar-refractivity contribution in [2.24, 2.45) is 17.2 Å². The van der Waals surface area contributed by atoms with Crippen LogP contribution in [0.25, 0.3) is 0 Å². The first-order valence-electron chi connectivity index (χ1n) is 5.70. The van der Waals surface area contributed by atoms with Gasteiger partial charge in [-0.3, -0.25) is 0 Å². The Morgan fingerprint density at radius 1 is 1.25 bits per heavy atom. The van der Waals surface area contributed by atoms with Crippen molar-refractivity contribution >= 4 is 20.6 Å². The zero-order chi connectivity index (χ0) is 12.4. The van der Waals surface area contributed by atoms with E-state index in [2.05, 4.69) is 0 Å². The van der Waals surface area contributed by atoms with Crippen molar-refractivity contribution in [1.29, 1.82) is 0 Å². The first-order valence-corrected chi connectivity index (χ1v) is 9.68. The molecule has 6 heteroatoms. The molecule has 0 amide bonds. The van der Waals surface area contributed by atoms with Crippen molar-refractivity contribution in [3.8, 4) is 0 Å². The topological polar surface area (TPSA) is 115 Å². The monoisotopic (exact) mass is 293 g/mol. The molecule has 0 bridgehead atoms. The Hall–Kier alpha value is -0.0916. The van der Waals surface area contributed by atoms with Crippen molar-refractivity contribution in [1.82, 2.24) is 0 Å².